The number of anilines is 1. The Hall–Kier alpha value is -2.58. The number of nitrogens with zero attached hydrogens (tertiary/aromatic N) is 3. The van der Waals surface area contributed by atoms with Crippen molar-refractivity contribution in [3.05, 3.63) is 53.6 Å². The van der Waals surface area contributed by atoms with Crippen LogP contribution in [0.3, 0.4) is 0 Å². The summed E-state index contributed by atoms with van der Waals surface area (Å²) in [7, 11) is -0.582. The Morgan fingerprint density at radius 2 is 1.69 bits per heavy atom. The molecule has 2 aliphatic rings. The second-order valence-electron chi connectivity index (χ2n) is 9.70. The second kappa shape index (κ2) is 11.0. The number of carbonyl (C=O) groups excluding carboxylic acids is 1. The predicted octanol–water partition coefficient (Wildman–Crippen LogP) is 4.52. The van der Waals surface area contributed by atoms with Crippen molar-refractivity contribution in [3.63, 3.8) is 0 Å². The van der Waals surface area contributed by atoms with E-state index in [0.717, 1.165) is 37.9 Å². The van der Waals surface area contributed by atoms with Crippen molar-refractivity contribution in [1.82, 2.24) is 9.21 Å². The molecule has 2 aliphatic heterocycles. The quantitative estimate of drug-likeness (QED) is 0.560. The molecule has 0 bridgehead atoms. The number of hydrogen-bond acceptors (Lipinski definition) is 5. The van der Waals surface area contributed by atoms with Crippen molar-refractivity contribution in [3.8, 4) is 5.75 Å². The highest BCUT2D eigenvalue weighted by Gasteiger charge is 2.33. The number of hydrogen-bond donors (Lipinski definition) is 0. The first-order valence-electron chi connectivity index (χ1n) is 12.6. The van der Waals surface area contributed by atoms with E-state index in [-0.39, 0.29) is 22.6 Å². The molecule has 8 heteroatoms. The first kappa shape index (κ1) is 25.5. The Labute approximate surface area is 209 Å². The molecule has 0 aliphatic carbocycles. The number of benzene rings is 2. The average Bonchev–Trinajstić information content (AvgIpc) is 2.89. The summed E-state index contributed by atoms with van der Waals surface area (Å²) in [6.07, 6.45) is 6.45. The minimum atomic E-state index is -3.78. The van der Waals surface area contributed by atoms with E-state index in [0.29, 0.717) is 18.7 Å². The number of amides is 1. The lowest BCUT2D eigenvalue weighted by atomic mass is 10.1. The van der Waals surface area contributed by atoms with Crippen LogP contribution in [0.15, 0.2) is 47.4 Å². The molecular weight excluding hydrogens is 462 g/mol. The molecule has 1 unspecified atom stereocenters. The number of rotatable bonds is 7. The smallest absolute Gasteiger partial charge is 0.253 e. The molecule has 0 aromatic heterocycles. The third kappa shape index (κ3) is 5.64. The van der Waals surface area contributed by atoms with Crippen LogP contribution in [0.5, 0.6) is 5.75 Å². The average molecular weight is 500 g/mol. The second-order valence-corrected chi connectivity index (χ2v) is 11.6. The standard InChI is InChI=1S/C27H37N3O4S/c1-21-9-5-8-18-30(21)35(32,33)26-19-23(12-15-25(26)34-3)27(31)28(2)20-22-10-13-24(14-11-22)29-16-6-4-7-17-29/h10-15,19,21H,4-9,16-18,20H2,1-3H3. The largest absolute Gasteiger partial charge is 0.495 e. The molecule has 7 nitrogen and oxygen atoms in total. The fourth-order valence-electron chi connectivity index (χ4n) is 5.10. The van der Waals surface area contributed by atoms with Gasteiger partial charge in [0.1, 0.15) is 10.6 Å². The van der Waals surface area contributed by atoms with Crippen LogP contribution >= 0.6 is 0 Å². The van der Waals surface area contributed by atoms with Crippen LogP contribution in [-0.4, -0.2) is 63.4 Å². The highest BCUT2D eigenvalue weighted by atomic mass is 32.2. The SMILES string of the molecule is COc1ccc(C(=O)N(C)Cc2ccc(N3CCCCC3)cc2)cc1S(=O)(=O)N1CCCCC1C. The summed E-state index contributed by atoms with van der Waals surface area (Å²) in [5.74, 6) is 0.0335. The number of carbonyl (C=O) groups is 1. The van der Waals surface area contributed by atoms with E-state index in [2.05, 4.69) is 29.2 Å². The van der Waals surface area contributed by atoms with Crippen LogP contribution < -0.4 is 9.64 Å². The van der Waals surface area contributed by atoms with Gasteiger partial charge in [0.15, 0.2) is 0 Å². The zero-order chi connectivity index (χ0) is 25.0. The van der Waals surface area contributed by atoms with E-state index in [9.17, 15) is 13.2 Å². The molecule has 190 valence electrons. The van der Waals surface area contributed by atoms with E-state index in [1.807, 2.05) is 6.92 Å². The molecule has 1 atom stereocenters. The van der Waals surface area contributed by atoms with Gasteiger partial charge in [0.2, 0.25) is 10.0 Å². The molecule has 0 radical (unpaired) electrons. The van der Waals surface area contributed by atoms with Crippen LogP contribution in [0, 0.1) is 0 Å². The molecule has 2 saturated heterocycles. The van der Waals surface area contributed by atoms with Gasteiger partial charge in [-0.05, 0) is 74.9 Å². The van der Waals surface area contributed by atoms with Crippen LogP contribution in [0.1, 0.15) is 61.4 Å². The maximum atomic E-state index is 13.5. The highest BCUT2D eigenvalue weighted by molar-refractivity contribution is 7.89. The first-order valence-corrected chi connectivity index (χ1v) is 14.0. The summed E-state index contributed by atoms with van der Waals surface area (Å²) in [5.41, 5.74) is 2.59. The minimum Gasteiger partial charge on any atom is -0.495 e. The van der Waals surface area contributed by atoms with Gasteiger partial charge in [-0.15, -0.1) is 0 Å². The van der Waals surface area contributed by atoms with Gasteiger partial charge in [-0.2, -0.15) is 4.31 Å². The third-order valence-electron chi connectivity index (χ3n) is 7.16. The molecule has 0 saturated carbocycles. The van der Waals surface area contributed by atoms with Gasteiger partial charge >= 0.3 is 0 Å². The van der Waals surface area contributed by atoms with E-state index < -0.39 is 10.0 Å². The van der Waals surface area contributed by atoms with Crippen molar-refractivity contribution in [2.75, 3.05) is 38.7 Å². The number of methoxy groups -OCH3 is 1. The van der Waals surface area contributed by atoms with Crippen LogP contribution in [0.2, 0.25) is 0 Å². The lowest BCUT2D eigenvalue weighted by Gasteiger charge is -2.32. The molecule has 0 spiro atoms. The predicted molar refractivity (Wildman–Crippen MR) is 139 cm³/mol. The molecular formula is C27H37N3O4S. The maximum Gasteiger partial charge on any atom is 0.253 e. The van der Waals surface area contributed by atoms with Crippen LogP contribution in [-0.2, 0) is 16.6 Å². The fraction of sp³-hybridized carbons (Fsp3) is 0.519. The van der Waals surface area contributed by atoms with E-state index in [4.69, 9.17) is 4.74 Å². The molecule has 2 aromatic carbocycles. The molecule has 2 fully saturated rings. The third-order valence-corrected chi connectivity index (χ3v) is 9.20. The molecule has 1 amide bonds. The van der Waals surface area contributed by atoms with Gasteiger partial charge in [-0.1, -0.05) is 18.6 Å². The Bertz CT molecular complexity index is 1130. The maximum absolute atomic E-state index is 13.5. The van der Waals surface area contributed by atoms with Crippen LogP contribution in [0.25, 0.3) is 0 Å². The summed E-state index contributed by atoms with van der Waals surface area (Å²) in [6, 6.07) is 13.0. The van der Waals surface area contributed by atoms with Gasteiger partial charge in [-0.25, -0.2) is 8.42 Å². The minimum absolute atomic E-state index is 0.0545. The van der Waals surface area contributed by atoms with Crippen molar-refractivity contribution >= 4 is 21.6 Å². The van der Waals surface area contributed by atoms with Gasteiger partial charge in [0.05, 0.1) is 7.11 Å². The van der Waals surface area contributed by atoms with E-state index in [1.165, 1.54) is 42.4 Å². The summed E-state index contributed by atoms with van der Waals surface area (Å²) in [6.45, 7) is 5.05. The lowest BCUT2D eigenvalue weighted by molar-refractivity contribution is 0.0785. The summed E-state index contributed by atoms with van der Waals surface area (Å²) < 4.78 is 33.9. The first-order chi connectivity index (χ1) is 16.8. The fourth-order valence-corrected chi connectivity index (χ4v) is 6.98. The van der Waals surface area contributed by atoms with Crippen molar-refractivity contribution in [1.29, 1.82) is 0 Å². The Morgan fingerprint density at radius 3 is 2.34 bits per heavy atom. The topological polar surface area (TPSA) is 70.2 Å². The molecule has 35 heavy (non-hydrogen) atoms. The Balaban J connectivity index is 1.51. The zero-order valence-electron chi connectivity index (χ0n) is 21.1. The normalized spacial score (nSPS) is 19.4. The highest BCUT2D eigenvalue weighted by Crippen LogP contribution is 2.32. The molecule has 2 heterocycles. The number of ether oxygens (including phenoxy) is 1. The molecule has 4 rings (SSSR count). The summed E-state index contributed by atoms with van der Waals surface area (Å²) in [5, 5.41) is 0. The van der Waals surface area contributed by atoms with E-state index >= 15 is 0 Å². The summed E-state index contributed by atoms with van der Waals surface area (Å²) >= 11 is 0. The number of piperidine rings is 2. The van der Waals surface area contributed by atoms with Gasteiger partial charge < -0.3 is 14.5 Å². The Morgan fingerprint density at radius 1 is 1.00 bits per heavy atom. The summed E-state index contributed by atoms with van der Waals surface area (Å²) in [4.78, 5) is 17.3. The van der Waals surface area contributed by atoms with Gasteiger partial charge in [0.25, 0.3) is 5.91 Å². The van der Waals surface area contributed by atoms with Crippen molar-refractivity contribution in [2.24, 2.45) is 0 Å². The Kier molecular flexibility index (Phi) is 8.02. The monoisotopic (exact) mass is 499 g/mol. The molecule has 2 aromatic rings. The van der Waals surface area contributed by atoms with Gasteiger partial charge in [0, 0.05) is 50.5 Å². The number of sulfonamides is 1. The zero-order valence-corrected chi connectivity index (χ0v) is 21.9. The van der Waals surface area contributed by atoms with E-state index in [1.54, 1.807) is 24.1 Å². The lowest BCUT2D eigenvalue weighted by Crippen LogP contribution is -2.42. The van der Waals surface area contributed by atoms with Crippen molar-refractivity contribution < 1.29 is 17.9 Å². The van der Waals surface area contributed by atoms with Crippen LogP contribution in [0.4, 0.5) is 5.69 Å². The molecule has 0 N–H and O–H groups in total. The van der Waals surface area contributed by atoms with Crippen molar-refractivity contribution in [2.45, 2.75) is 62.9 Å². The van der Waals surface area contributed by atoms with Gasteiger partial charge in [-0.3, -0.25) is 4.79 Å².